The molecule has 0 aromatic heterocycles. The highest BCUT2D eigenvalue weighted by Crippen LogP contribution is 2.12. The fourth-order valence-corrected chi connectivity index (χ4v) is 1.25. The van der Waals surface area contributed by atoms with Crippen LogP contribution in [0.3, 0.4) is 0 Å². The summed E-state index contributed by atoms with van der Waals surface area (Å²) >= 11 is 0. The van der Waals surface area contributed by atoms with Crippen molar-refractivity contribution in [3.05, 3.63) is 35.6 Å². The second kappa shape index (κ2) is 5.47. The second-order valence-electron chi connectivity index (χ2n) is 3.92. The summed E-state index contributed by atoms with van der Waals surface area (Å²) in [5.74, 6) is 0.209. The number of nitrogens with zero attached hydrogens (tertiary/aromatic N) is 1. The highest BCUT2D eigenvalue weighted by Gasteiger charge is 2.09. The first-order valence-electron chi connectivity index (χ1n) is 5.02. The molecule has 15 heavy (non-hydrogen) atoms. The summed E-state index contributed by atoms with van der Waals surface area (Å²) in [7, 11) is 0. The molecule has 0 spiro atoms. The van der Waals surface area contributed by atoms with Crippen molar-refractivity contribution in [3.63, 3.8) is 0 Å². The zero-order valence-electron chi connectivity index (χ0n) is 9.00. The summed E-state index contributed by atoms with van der Waals surface area (Å²) < 4.78 is 12.7. The molecule has 0 heterocycles. The van der Waals surface area contributed by atoms with Crippen molar-refractivity contribution < 1.29 is 4.39 Å². The van der Waals surface area contributed by atoms with Gasteiger partial charge in [-0.1, -0.05) is 26.0 Å². The Kier molecular flexibility index (Phi) is 4.26. The third-order valence-electron chi connectivity index (χ3n) is 2.06. The quantitative estimate of drug-likeness (QED) is 0.822. The zero-order valence-corrected chi connectivity index (χ0v) is 9.00. The van der Waals surface area contributed by atoms with Crippen molar-refractivity contribution in [1.29, 1.82) is 5.26 Å². The van der Waals surface area contributed by atoms with Gasteiger partial charge in [0.15, 0.2) is 0 Å². The fourth-order valence-electron chi connectivity index (χ4n) is 1.25. The largest absolute Gasteiger partial charge is 0.298 e. The van der Waals surface area contributed by atoms with Crippen molar-refractivity contribution in [1.82, 2.24) is 5.32 Å². The van der Waals surface area contributed by atoms with Crippen LogP contribution in [0.5, 0.6) is 0 Å². The molecule has 1 aromatic rings. The van der Waals surface area contributed by atoms with Crippen LogP contribution in [0.15, 0.2) is 24.3 Å². The second-order valence-corrected chi connectivity index (χ2v) is 3.92. The monoisotopic (exact) mass is 206 g/mol. The van der Waals surface area contributed by atoms with E-state index in [1.807, 2.05) is 0 Å². The van der Waals surface area contributed by atoms with Crippen LogP contribution in [0.1, 0.15) is 25.5 Å². The topological polar surface area (TPSA) is 35.8 Å². The minimum Gasteiger partial charge on any atom is -0.298 e. The smallest absolute Gasteiger partial charge is 0.123 e. The molecule has 2 nitrogen and oxygen atoms in total. The van der Waals surface area contributed by atoms with Gasteiger partial charge in [-0.2, -0.15) is 5.26 Å². The molecule has 1 N–H and O–H groups in total. The van der Waals surface area contributed by atoms with Crippen LogP contribution >= 0.6 is 0 Å². The highest BCUT2D eigenvalue weighted by atomic mass is 19.1. The number of rotatable bonds is 4. The van der Waals surface area contributed by atoms with E-state index in [0.717, 1.165) is 12.1 Å². The van der Waals surface area contributed by atoms with Gasteiger partial charge in [0, 0.05) is 0 Å². The van der Waals surface area contributed by atoms with Gasteiger partial charge < -0.3 is 0 Å². The molecule has 0 bridgehead atoms. The van der Waals surface area contributed by atoms with Gasteiger partial charge in [0.2, 0.25) is 0 Å². The Labute approximate surface area is 89.7 Å². The lowest BCUT2D eigenvalue weighted by molar-refractivity contribution is 0.524. The lowest BCUT2D eigenvalue weighted by atomic mass is 10.1. The van der Waals surface area contributed by atoms with Gasteiger partial charge in [-0.3, -0.25) is 5.32 Å². The normalized spacial score (nSPS) is 12.5. The number of nitriles is 1. The molecule has 0 saturated heterocycles. The molecule has 1 aromatic carbocycles. The molecule has 80 valence electrons. The number of halogens is 1. The van der Waals surface area contributed by atoms with Gasteiger partial charge in [0.05, 0.1) is 6.07 Å². The van der Waals surface area contributed by atoms with Gasteiger partial charge in [-0.25, -0.2) is 4.39 Å². The number of benzene rings is 1. The van der Waals surface area contributed by atoms with Crippen molar-refractivity contribution in [3.8, 4) is 6.07 Å². The zero-order chi connectivity index (χ0) is 11.3. The van der Waals surface area contributed by atoms with Crippen molar-refractivity contribution in [2.75, 3.05) is 6.54 Å². The van der Waals surface area contributed by atoms with Crippen LogP contribution in [0.25, 0.3) is 0 Å². The Bertz CT molecular complexity index is 338. The average Bonchev–Trinajstić information content (AvgIpc) is 2.21. The maximum atomic E-state index is 12.7. The van der Waals surface area contributed by atoms with Crippen LogP contribution in [0, 0.1) is 23.1 Å². The standard InChI is InChI=1S/C12H15FN2/c1-9(2)8-15-12(7-14)10-3-5-11(13)6-4-10/h3-6,9,12,15H,8H2,1-2H3/t12-/m0/s1. The van der Waals surface area contributed by atoms with E-state index in [-0.39, 0.29) is 11.9 Å². The first-order chi connectivity index (χ1) is 7.13. The molecule has 0 aliphatic carbocycles. The average molecular weight is 206 g/mol. The van der Waals surface area contributed by atoms with E-state index in [0.29, 0.717) is 5.92 Å². The van der Waals surface area contributed by atoms with Crippen molar-refractivity contribution in [2.45, 2.75) is 19.9 Å². The third kappa shape index (κ3) is 3.69. The van der Waals surface area contributed by atoms with Crippen molar-refractivity contribution in [2.24, 2.45) is 5.92 Å². The van der Waals surface area contributed by atoms with E-state index in [1.165, 1.54) is 12.1 Å². The number of hydrogen-bond acceptors (Lipinski definition) is 2. The van der Waals surface area contributed by atoms with Crippen LogP contribution < -0.4 is 5.32 Å². The lowest BCUT2D eigenvalue weighted by Crippen LogP contribution is -2.24. The molecule has 0 saturated carbocycles. The molecular formula is C12H15FN2. The van der Waals surface area contributed by atoms with E-state index < -0.39 is 0 Å². The predicted molar refractivity (Wildman–Crippen MR) is 57.6 cm³/mol. The molecular weight excluding hydrogens is 191 g/mol. The molecule has 1 atom stereocenters. The maximum Gasteiger partial charge on any atom is 0.123 e. The van der Waals surface area contributed by atoms with Gasteiger partial charge in [-0.15, -0.1) is 0 Å². The van der Waals surface area contributed by atoms with E-state index in [4.69, 9.17) is 5.26 Å². The van der Waals surface area contributed by atoms with Gasteiger partial charge >= 0.3 is 0 Å². The van der Waals surface area contributed by atoms with E-state index in [1.54, 1.807) is 12.1 Å². The van der Waals surface area contributed by atoms with Gasteiger partial charge in [0.1, 0.15) is 11.9 Å². The highest BCUT2D eigenvalue weighted by molar-refractivity contribution is 5.24. The summed E-state index contributed by atoms with van der Waals surface area (Å²) in [6.07, 6.45) is 0. The summed E-state index contributed by atoms with van der Waals surface area (Å²) in [5.41, 5.74) is 0.805. The van der Waals surface area contributed by atoms with E-state index in [9.17, 15) is 4.39 Å². The van der Waals surface area contributed by atoms with Gasteiger partial charge in [-0.05, 0) is 30.2 Å². The fraction of sp³-hybridized carbons (Fsp3) is 0.417. The molecule has 0 aliphatic heterocycles. The molecule has 0 amide bonds. The lowest BCUT2D eigenvalue weighted by Gasteiger charge is -2.13. The molecule has 3 heteroatoms. The van der Waals surface area contributed by atoms with Crippen LogP contribution in [-0.4, -0.2) is 6.54 Å². The minimum atomic E-state index is -0.354. The first-order valence-corrected chi connectivity index (χ1v) is 5.02. The molecule has 0 aliphatic rings. The Morgan fingerprint density at radius 2 is 1.93 bits per heavy atom. The summed E-state index contributed by atoms with van der Waals surface area (Å²) in [6.45, 7) is 4.92. The van der Waals surface area contributed by atoms with Crippen LogP contribution in [0.2, 0.25) is 0 Å². The van der Waals surface area contributed by atoms with Crippen LogP contribution in [-0.2, 0) is 0 Å². The minimum absolute atomic E-state index is 0.278. The first kappa shape index (κ1) is 11.7. The Morgan fingerprint density at radius 1 is 1.33 bits per heavy atom. The Hall–Kier alpha value is -1.40. The van der Waals surface area contributed by atoms with E-state index in [2.05, 4.69) is 25.2 Å². The van der Waals surface area contributed by atoms with Gasteiger partial charge in [0.25, 0.3) is 0 Å². The summed E-state index contributed by atoms with van der Waals surface area (Å²) in [4.78, 5) is 0. The summed E-state index contributed by atoms with van der Waals surface area (Å²) in [6, 6.07) is 7.82. The maximum absolute atomic E-state index is 12.7. The van der Waals surface area contributed by atoms with Crippen molar-refractivity contribution >= 4 is 0 Å². The summed E-state index contributed by atoms with van der Waals surface area (Å²) in [5, 5.41) is 12.1. The number of hydrogen-bond donors (Lipinski definition) is 1. The molecule has 0 radical (unpaired) electrons. The Balaban J connectivity index is 2.67. The predicted octanol–water partition coefficient (Wildman–Crippen LogP) is 2.64. The third-order valence-corrected chi connectivity index (χ3v) is 2.06. The molecule has 0 unspecified atom stereocenters. The molecule has 0 fully saturated rings. The number of nitrogens with one attached hydrogen (secondary N) is 1. The molecule has 1 rings (SSSR count). The SMILES string of the molecule is CC(C)CN[C@@H](C#N)c1ccc(F)cc1. The van der Waals surface area contributed by atoms with E-state index >= 15 is 0 Å². The van der Waals surface area contributed by atoms with Crippen LogP contribution in [0.4, 0.5) is 4.39 Å². The Morgan fingerprint density at radius 3 is 2.40 bits per heavy atom.